The average molecular weight is 454 g/mol. The molecule has 0 N–H and O–H groups in total. The predicted molar refractivity (Wildman–Crippen MR) is 132 cm³/mol. The largest absolute Gasteiger partial charge is 0.494 e. The van der Waals surface area contributed by atoms with Crippen molar-refractivity contribution in [3.05, 3.63) is 45.1 Å². The van der Waals surface area contributed by atoms with Crippen molar-refractivity contribution in [2.24, 2.45) is 7.05 Å². The monoisotopic (exact) mass is 453 g/mol. The maximum Gasteiger partial charge on any atom is 0.332 e. The number of ether oxygens (including phenoxy) is 1. The highest BCUT2D eigenvalue weighted by Crippen LogP contribution is 2.32. The first-order chi connectivity index (χ1) is 16.1. The molecule has 0 radical (unpaired) electrons. The van der Waals surface area contributed by atoms with Gasteiger partial charge in [0.15, 0.2) is 11.2 Å². The Morgan fingerprint density at radius 2 is 1.64 bits per heavy atom. The quantitative estimate of drug-likeness (QED) is 0.407. The molecule has 0 saturated heterocycles. The minimum absolute atomic E-state index is 0.230. The number of fused-ring (bicyclic) bond motifs is 3. The highest BCUT2D eigenvalue weighted by atomic mass is 16.5. The molecule has 1 aliphatic rings. The second-order valence-corrected chi connectivity index (χ2v) is 8.73. The first-order valence-corrected chi connectivity index (χ1v) is 12.3. The third kappa shape index (κ3) is 4.56. The van der Waals surface area contributed by atoms with E-state index in [-0.39, 0.29) is 11.2 Å². The number of aryl methyl sites for hydroxylation is 1. The van der Waals surface area contributed by atoms with Gasteiger partial charge in [-0.15, -0.1) is 0 Å². The minimum Gasteiger partial charge on any atom is -0.494 e. The van der Waals surface area contributed by atoms with E-state index in [4.69, 9.17) is 9.72 Å². The van der Waals surface area contributed by atoms with Crippen molar-refractivity contribution in [1.29, 1.82) is 0 Å². The Morgan fingerprint density at radius 3 is 2.33 bits per heavy atom. The molecule has 0 saturated carbocycles. The van der Waals surface area contributed by atoms with Gasteiger partial charge in [-0.2, -0.15) is 4.98 Å². The third-order valence-electron chi connectivity index (χ3n) is 6.45. The van der Waals surface area contributed by atoms with E-state index in [2.05, 4.69) is 11.8 Å². The van der Waals surface area contributed by atoms with Crippen molar-refractivity contribution in [1.82, 2.24) is 18.7 Å². The highest BCUT2D eigenvalue weighted by Gasteiger charge is 2.28. The summed E-state index contributed by atoms with van der Waals surface area (Å²) < 4.78 is 10.4. The van der Waals surface area contributed by atoms with Gasteiger partial charge in [-0.3, -0.25) is 13.9 Å². The Morgan fingerprint density at radius 1 is 0.939 bits per heavy atom. The number of nitrogens with zero attached hydrogens (tertiary/aromatic N) is 5. The zero-order valence-electron chi connectivity index (χ0n) is 20.0. The van der Waals surface area contributed by atoms with E-state index in [0.29, 0.717) is 36.8 Å². The Balaban J connectivity index is 1.58. The van der Waals surface area contributed by atoms with Crippen LogP contribution in [-0.4, -0.2) is 31.8 Å². The van der Waals surface area contributed by atoms with Crippen LogP contribution in [0.3, 0.4) is 0 Å². The number of rotatable bonds is 11. The highest BCUT2D eigenvalue weighted by molar-refractivity contribution is 5.77. The van der Waals surface area contributed by atoms with Crippen LogP contribution in [0.4, 0.5) is 11.6 Å². The van der Waals surface area contributed by atoms with E-state index in [1.807, 2.05) is 35.8 Å². The first-order valence-electron chi connectivity index (χ1n) is 12.3. The number of anilines is 2. The molecule has 0 fully saturated rings. The normalized spacial score (nSPS) is 13.1. The second kappa shape index (κ2) is 10.3. The number of unbranched alkanes of at least 4 members (excludes halogenated alkanes) is 6. The van der Waals surface area contributed by atoms with Gasteiger partial charge < -0.3 is 14.2 Å². The van der Waals surface area contributed by atoms with Gasteiger partial charge in [0.25, 0.3) is 5.56 Å². The lowest BCUT2D eigenvalue weighted by atomic mass is 10.1. The Labute approximate surface area is 194 Å². The third-order valence-corrected chi connectivity index (χ3v) is 6.45. The SMILES string of the molecule is CCCCCCCCCn1c(=O)c2c(nc3n2CCN3c2ccc(OCC)cc2)n(C)c1=O. The Kier molecular flexibility index (Phi) is 7.20. The fourth-order valence-corrected chi connectivity index (χ4v) is 4.64. The fraction of sp³-hybridized carbons (Fsp3) is 0.560. The van der Waals surface area contributed by atoms with E-state index in [0.717, 1.165) is 37.2 Å². The van der Waals surface area contributed by atoms with Crippen LogP contribution in [0, 0.1) is 0 Å². The van der Waals surface area contributed by atoms with Crippen LogP contribution in [0.5, 0.6) is 5.75 Å². The number of aromatic nitrogens is 4. The lowest BCUT2D eigenvalue weighted by Crippen LogP contribution is -2.39. The van der Waals surface area contributed by atoms with Crippen molar-refractivity contribution >= 4 is 22.8 Å². The summed E-state index contributed by atoms with van der Waals surface area (Å²) in [5.74, 6) is 1.53. The van der Waals surface area contributed by atoms with E-state index < -0.39 is 0 Å². The van der Waals surface area contributed by atoms with Crippen LogP contribution in [0.15, 0.2) is 33.9 Å². The zero-order chi connectivity index (χ0) is 23.4. The molecule has 33 heavy (non-hydrogen) atoms. The maximum atomic E-state index is 13.3. The van der Waals surface area contributed by atoms with Gasteiger partial charge in [-0.05, 0) is 37.6 Å². The molecule has 0 atom stereocenters. The lowest BCUT2D eigenvalue weighted by molar-refractivity contribution is 0.340. The molecule has 2 aromatic heterocycles. The lowest BCUT2D eigenvalue weighted by Gasteiger charge is -2.16. The van der Waals surface area contributed by atoms with Crippen LogP contribution < -0.4 is 20.9 Å². The summed E-state index contributed by atoms with van der Waals surface area (Å²) >= 11 is 0. The van der Waals surface area contributed by atoms with Crippen molar-refractivity contribution in [3.63, 3.8) is 0 Å². The smallest absolute Gasteiger partial charge is 0.332 e. The van der Waals surface area contributed by atoms with Gasteiger partial charge in [0.1, 0.15) is 5.75 Å². The molecule has 1 aromatic carbocycles. The molecule has 3 aromatic rings. The summed E-state index contributed by atoms with van der Waals surface area (Å²) in [4.78, 5) is 33.1. The molecule has 3 heterocycles. The standard InChI is InChI=1S/C25H35N5O3/c1-4-6-7-8-9-10-11-16-30-23(31)21-22(27(3)25(30)32)26-24-28(17-18-29(21)24)19-12-14-20(15-13-19)33-5-2/h12-15H,4-11,16-18H2,1-3H3. The minimum atomic E-state index is -0.289. The van der Waals surface area contributed by atoms with Gasteiger partial charge in [0.05, 0.1) is 6.61 Å². The van der Waals surface area contributed by atoms with Crippen molar-refractivity contribution in [3.8, 4) is 5.75 Å². The Bertz CT molecular complexity index is 1210. The van der Waals surface area contributed by atoms with Crippen molar-refractivity contribution < 1.29 is 4.74 Å². The number of hydrogen-bond acceptors (Lipinski definition) is 5. The van der Waals surface area contributed by atoms with Crippen LogP contribution in [0.1, 0.15) is 58.8 Å². The van der Waals surface area contributed by atoms with E-state index in [1.165, 1.54) is 34.8 Å². The van der Waals surface area contributed by atoms with Gasteiger partial charge >= 0.3 is 5.69 Å². The van der Waals surface area contributed by atoms with Gasteiger partial charge in [0, 0.05) is 32.4 Å². The predicted octanol–water partition coefficient (Wildman–Crippen LogP) is 4.20. The molecule has 4 rings (SSSR count). The summed E-state index contributed by atoms with van der Waals surface area (Å²) in [7, 11) is 1.70. The zero-order valence-corrected chi connectivity index (χ0v) is 20.0. The first kappa shape index (κ1) is 23.1. The van der Waals surface area contributed by atoms with Crippen LogP contribution in [0.2, 0.25) is 0 Å². The number of hydrogen-bond donors (Lipinski definition) is 0. The number of imidazole rings is 1. The fourth-order valence-electron chi connectivity index (χ4n) is 4.64. The summed E-state index contributed by atoms with van der Waals surface area (Å²) in [6.45, 7) is 6.64. The molecule has 0 unspecified atom stereocenters. The van der Waals surface area contributed by atoms with Crippen LogP contribution in [-0.2, 0) is 20.1 Å². The topological polar surface area (TPSA) is 74.3 Å². The van der Waals surface area contributed by atoms with Crippen LogP contribution in [0.25, 0.3) is 11.2 Å². The molecular weight excluding hydrogens is 418 g/mol. The van der Waals surface area contributed by atoms with Crippen LogP contribution >= 0.6 is 0 Å². The second-order valence-electron chi connectivity index (χ2n) is 8.73. The van der Waals surface area contributed by atoms with E-state index >= 15 is 0 Å². The molecule has 0 spiro atoms. The molecule has 0 aliphatic carbocycles. The van der Waals surface area contributed by atoms with Crippen molar-refractivity contribution in [2.75, 3.05) is 18.1 Å². The molecule has 8 heteroatoms. The van der Waals surface area contributed by atoms with E-state index in [9.17, 15) is 9.59 Å². The average Bonchev–Trinajstić information content (AvgIpc) is 3.39. The summed E-state index contributed by atoms with van der Waals surface area (Å²) in [6.07, 6.45) is 8.01. The molecule has 8 nitrogen and oxygen atoms in total. The summed E-state index contributed by atoms with van der Waals surface area (Å²) in [5.41, 5.74) is 1.44. The molecular formula is C25H35N5O3. The van der Waals surface area contributed by atoms with E-state index in [1.54, 1.807) is 7.05 Å². The van der Waals surface area contributed by atoms with Crippen molar-refractivity contribution in [2.45, 2.75) is 71.9 Å². The van der Waals surface area contributed by atoms with Gasteiger partial charge in [0.2, 0.25) is 5.95 Å². The summed E-state index contributed by atoms with van der Waals surface area (Å²) in [6, 6.07) is 7.87. The molecule has 178 valence electrons. The van der Waals surface area contributed by atoms with Gasteiger partial charge in [-0.25, -0.2) is 4.79 Å². The Hall–Kier alpha value is -3.03. The summed E-state index contributed by atoms with van der Waals surface area (Å²) in [5, 5.41) is 0. The van der Waals surface area contributed by atoms with Gasteiger partial charge in [-0.1, -0.05) is 45.4 Å². The number of benzene rings is 1. The molecule has 0 amide bonds. The maximum absolute atomic E-state index is 13.3. The molecule has 0 bridgehead atoms. The molecule has 1 aliphatic heterocycles.